The van der Waals surface area contributed by atoms with Crippen LogP contribution >= 0.6 is 27.3 Å². The van der Waals surface area contributed by atoms with E-state index in [1.54, 1.807) is 4.31 Å². The van der Waals surface area contributed by atoms with Gasteiger partial charge in [0.2, 0.25) is 10.0 Å². The summed E-state index contributed by atoms with van der Waals surface area (Å²) in [5.74, 6) is 0. The van der Waals surface area contributed by atoms with Crippen molar-refractivity contribution >= 4 is 37.3 Å². The van der Waals surface area contributed by atoms with E-state index in [0.717, 1.165) is 40.9 Å². The van der Waals surface area contributed by atoms with E-state index in [1.165, 1.54) is 11.3 Å². The molecule has 0 aliphatic heterocycles. The Balaban J connectivity index is 2.22. The van der Waals surface area contributed by atoms with Crippen LogP contribution in [0.2, 0.25) is 0 Å². The molecule has 1 saturated carbocycles. The van der Waals surface area contributed by atoms with E-state index in [9.17, 15) is 8.42 Å². The van der Waals surface area contributed by atoms with Crippen molar-refractivity contribution in [2.75, 3.05) is 13.1 Å². The second kappa shape index (κ2) is 7.55. The summed E-state index contributed by atoms with van der Waals surface area (Å²) in [5, 5.41) is 3.24. The number of thiophene rings is 1. The van der Waals surface area contributed by atoms with Gasteiger partial charge < -0.3 is 5.32 Å². The van der Waals surface area contributed by atoms with E-state index in [-0.39, 0.29) is 6.04 Å². The minimum Gasteiger partial charge on any atom is -0.312 e. The van der Waals surface area contributed by atoms with Crippen molar-refractivity contribution in [3.63, 3.8) is 0 Å². The average Bonchev–Trinajstić information content (AvgIpc) is 3.19. The summed E-state index contributed by atoms with van der Waals surface area (Å²) < 4.78 is 28.2. The first kappa shape index (κ1) is 17.4. The predicted octanol–water partition coefficient (Wildman–Crippen LogP) is 3.57. The molecule has 120 valence electrons. The molecule has 0 amide bonds. The Morgan fingerprint density at radius 2 is 2.14 bits per heavy atom. The van der Waals surface area contributed by atoms with Crippen LogP contribution in [0.25, 0.3) is 0 Å². The SMILES string of the molecule is CCCCN(C1CC1)S(=O)(=O)c1cc(CNCC)sc1Br. The summed E-state index contributed by atoms with van der Waals surface area (Å²) in [6.07, 6.45) is 3.92. The average molecular weight is 395 g/mol. The molecule has 0 unspecified atom stereocenters. The van der Waals surface area contributed by atoms with Crippen molar-refractivity contribution < 1.29 is 8.42 Å². The first-order chi connectivity index (χ1) is 10.0. The van der Waals surface area contributed by atoms with Crippen LogP contribution in [0.5, 0.6) is 0 Å². The minimum absolute atomic E-state index is 0.213. The Labute approximate surface area is 140 Å². The molecule has 1 aromatic rings. The first-order valence-electron chi connectivity index (χ1n) is 7.51. The third-order valence-electron chi connectivity index (χ3n) is 3.53. The van der Waals surface area contributed by atoms with Gasteiger partial charge in [-0.25, -0.2) is 8.42 Å². The predicted molar refractivity (Wildman–Crippen MR) is 91.2 cm³/mol. The third-order valence-corrected chi connectivity index (χ3v) is 7.73. The van der Waals surface area contributed by atoms with Gasteiger partial charge >= 0.3 is 0 Å². The second-order valence-corrected chi connectivity index (χ2v) is 9.65. The minimum atomic E-state index is -3.38. The summed E-state index contributed by atoms with van der Waals surface area (Å²) in [7, 11) is -3.38. The molecule has 2 rings (SSSR count). The lowest BCUT2D eigenvalue weighted by Gasteiger charge is -2.21. The standard InChI is InChI=1S/C14H23BrN2O2S2/c1-3-5-8-17(11-6-7-11)21(18,19)13-9-12(10-16-4-2)20-14(13)15/h9,11,16H,3-8,10H2,1-2H3. The highest BCUT2D eigenvalue weighted by Gasteiger charge is 2.38. The highest BCUT2D eigenvalue weighted by Crippen LogP contribution is 2.38. The number of unbranched alkanes of at least 4 members (excludes halogenated alkanes) is 1. The molecule has 0 spiro atoms. The fourth-order valence-electron chi connectivity index (χ4n) is 2.21. The topological polar surface area (TPSA) is 49.4 Å². The molecule has 1 aliphatic carbocycles. The zero-order valence-electron chi connectivity index (χ0n) is 12.6. The quantitative estimate of drug-likeness (QED) is 0.696. The van der Waals surface area contributed by atoms with Crippen LogP contribution in [0, 0.1) is 0 Å². The lowest BCUT2D eigenvalue weighted by atomic mass is 10.3. The van der Waals surface area contributed by atoms with Gasteiger partial charge in [0.15, 0.2) is 0 Å². The monoisotopic (exact) mass is 394 g/mol. The highest BCUT2D eigenvalue weighted by molar-refractivity contribution is 9.11. The van der Waals surface area contributed by atoms with Gasteiger partial charge in [0.25, 0.3) is 0 Å². The molecule has 1 heterocycles. The van der Waals surface area contributed by atoms with Gasteiger partial charge in [0, 0.05) is 24.0 Å². The molecular formula is C14H23BrN2O2S2. The van der Waals surface area contributed by atoms with Gasteiger partial charge in [0.05, 0.1) is 3.79 Å². The van der Waals surface area contributed by atoms with Gasteiger partial charge in [-0.05, 0) is 47.8 Å². The van der Waals surface area contributed by atoms with E-state index in [0.29, 0.717) is 18.0 Å². The van der Waals surface area contributed by atoms with Gasteiger partial charge in [-0.15, -0.1) is 11.3 Å². The van der Waals surface area contributed by atoms with E-state index in [1.807, 2.05) is 13.0 Å². The summed E-state index contributed by atoms with van der Waals surface area (Å²) >= 11 is 4.94. The first-order valence-corrected chi connectivity index (χ1v) is 10.6. The van der Waals surface area contributed by atoms with Crippen LogP contribution in [-0.2, 0) is 16.6 Å². The van der Waals surface area contributed by atoms with Crippen molar-refractivity contribution in [3.05, 3.63) is 14.7 Å². The second-order valence-electron chi connectivity index (χ2n) is 5.33. The van der Waals surface area contributed by atoms with Crippen LogP contribution in [0.15, 0.2) is 14.7 Å². The molecule has 0 radical (unpaired) electrons. The number of rotatable bonds is 9. The highest BCUT2D eigenvalue weighted by atomic mass is 79.9. The van der Waals surface area contributed by atoms with E-state index < -0.39 is 10.0 Å². The lowest BCUT2D eigenvalue weighted by Crippen LogP contribution is -2.34. The van der Waals surface area contributed by atoms with Gasteiger partial charge in [-0.2, -0.15) is 4.31 Å². The zero-order chi connectivity index (χ0) is 15.5. The maximum absolute atomic E-state index is 12.9. The number of nitrogens with one attached hydrogen (secondary N) is 1. The Morgan fingerprint density at radius 1 is 1.43 bits per heavy atom. The Bertz CT molecular complexity index is 568. The van der Waals surface area contributed by atoms with Crippen LogP contribution < -0.4 is 5.32 Å². The van der Waals surface area contributed by atoms with Crippen molar-refractivity contribution in [3.8, 4) is 0 Å². The van der Waals surface area contributed by atoms with Gasteiger partial charge in [-0.3, -0.25) is 0 Å². The van der Waals surface area contributed by atoms with Crippen LogP contribution in [-0.4, -0.2) is 31.9 Å². The van der Waals surface area contributed by atoms with E-state index in [2.05, 4.69) is 28.2 Å². The van der Waals surface area contributed by atoms with Crippen LogP contribution in [0.1, 0.15) is 44.4 Å². The number of hydrogen-bond donors (Lipinski definition) is 1. The zero-order valence-corrected chi connectivity index (χ0v) is 15.8. The normalized spacial score (nSPS) is 15.8. The fraction of sp³-hybridized carbons (Fsp3) is 0.714. The molecule has 7 heteroatoms. The molecule has 1 fully saturated rings. The van der Waals surface area contributed by atoms with Crippen molar-refractivity contribution in [1.29, 1.82) is 0 Å². The van der Waals surface area contributed by atoms with E-state index >= 15 is 0 Å². The molecule has 1 aliphatic rings. The number of nitrogens with zero attached hydrogens (tertiary/aromatic N) is 1. The smallest absolute Gasteiger partial charge is 0.245 e. The number of sulfonamides is 1. The molecule has 1 aromatic heterocycles. The van der Waals surface area contributed by atoms with E-state index in [4.69, 9.17) is 0 Å². The Morgan fingerprint density at radius 3 is 2.71 bits per heavy atom. The maximum Gasteiger partial charge on any atom is 0.245 e. The maximum atomic E-state index is 12.9. The largest absolute Gasteiger partial charge is 0.312 e. The Hall–Kier alpha value is 0.0500. The molecule has 4 nitrogen and oxygen atoms in total. The molecule has 21 heavy (non-hydrogen) atoms. The summed E-state index contributed by atoms with van der Waals surface area (Å²) in [5.41, 5.74) is 0. The molecule has 0 saturated heterocycles. The summed E-state index contributed by atoms with van der Waals surface area (Å²) in [6, 6.07) is 2.03. The van der Waals surface area contributed by atoms with Gasteiger partial charge in [0.1, 0.15) is 4.90 Å². The number of halogens is 1. The molecule has 0 bridgehead atoms. The van der Waals surface area contributed by atoms with Crippen LogP contribution in [0.4, 0.5) is 0 Å². The molecule has 0 aromatic carbocycles. The lowest BCUT2D eigenvalue weighted by molar-refractivity contribution is 0.395. The van der Waals surface area contributed by atoms with Crippen molar-refractivity contribution in [2.45, 2.75) is 57.0 Å². The van der Waals surface area contributed by atoms with Crippen molar-refractivity contribution in [2.24, 2.45) is 0 Å². The summed E-state index contributed by atoms with van der Waals surface area (Å²) in [4.78, 5) is 1.48. The molecular weight excluding hydrogens is 372 g/mol. The van der Waals surface area contributed by atoms with Crippen LogP contribution in [0.3, 0.4) is 0 Å². The Kier molecular flexibility index (Phi) is 6.25. The van der Waals surface area contributed by atoms with Gasteiger partial charge in [-0.1, -0.05) is 20.3 Å². The van der Waals surface area contributed by atoms with Crippen molar-refractivity contribution in [1.82, 2.24) is 9.62 Å². The fourth-order valence-corrected chi connectivity index (χ4v) is 6.54. The number of hydrogen-bond acceptors (Lipinski definition) is 4. The molecule has 0 atom stereocenters. The third kappa shape index (κ3) is 4.28. The summed E-state index contributed by atoms with van der Waals surface area (Å²) in [6.45, 7) is 6.36. The molecule has 1 N–H and O–H groups in total.